The van der Waals surface area contributed by atoms with Crippen molar-refractivity contribution in [2.75, 3.05) is 20.6 Å². The summed E-state index contributed by atoms with van der Waals surface area (Å²) in [5.74, 6) is -0.0683. The summed E-state index contributed by atoms with van der Waals surface area (Å²) in [7, 11) is 3.94. The summed E-state index contributed by atoms with van der Waals surface area (Å²) in [6, 6.07) is 4.56. The summed E-state index contributed by atoms with van der Waals surface area (Å²) < 4.78 is 21.2. The molecule has 0 aliphatic rings. The standard InChI is InChI=1S/C22H26FN7O2/c1-22(2,3)27-21(31)32-17-12-25-20-19(17)26-15(11-24-20)18-14-7-6-13(23)10-16(14)30(28-18)9-8-29(4)5/h6-7,10-12H,8-9H2,1-5H3,(H,24,25)(H,27,31). The number of carbonyl (C=O) groups is 1. The van der Waals surface area contributed by atoms with Gasteiger partial charge in [0.2, 0.25) is 0 Å². The molecule has 168 valence electrons. The number of amides is 1. The monoisotopic (exact) mass is 439 g/mol. The fraction of sp³-hybridized carbons (Fsp3) is 0.364. The van der Waals surface area contributed by atoms with Crippen LogP contribution in [0.2, 0.25) is 0 Å². The lowest BCUT2D eigenvalue weighted by atomic mass is 10.1. The molecule has 1 aromatic carbocycles. The van der Waals surface area contributed by atoms with Gasteiger partial charge in [0.15, 0.2) is 16.9 Å². The Kier molecular flexibility index (Phi) is 5.55. The van der Waals surface area contributed by atoms with Crippen LogP contribution in [0.4, 0.5) is 9.18 Å². The van der Waals surface area contributed by atoms with E-state index >= 15 is 0 Å². The smallest absolute Gasteiger partial charge is 0.406 e. The molecule has 3 aromatic heterocycles. The number of nitrogens with zero attached hydrogens (tertiary/aromatic N) is 5. The van der Waals surface area contributed by atoms with Gasteiger partial charge in [-0.25, -0.2) is 19.2 Å². The lowest BCUT2D eigenvalue weighted by Crippen LogP contribution is -2.42. The number of fused-ring (bicyclic) bond motifs is 2. The minimum Gasteiger partial charge on any atom is -0.406 e. The highest BCUT2D eigenvalue weighted by atomic mass is 19.1. The minimum atomic E-state index is -0.584. The van der Waals surface area contributed by atoms with Gasteiger partial charge in [-0.05, 0) is 53.1 Å². The maximum atomic E-state index is 13.9. The maximum absolute atomic E-state index is 13.9. The summed E-state index contributed by atoms with van der Waals surface area (Å²) in [5.41, 5.74) is 2.21. The number of hydrogen-bond acceptors (Lipinski definition) is 6. The number of likely N-dealkylation sites (N-methyl/N-ethyl adjacent to an activating group) is 1. The van der Waals surface area contributed by atoms with Gasteiger partial charge in [-0.1, -0.05) is 0 Å². The third-order valence-electron chi connectivity index (χ3n) is 4.74. The molecule has 0 radical (unpaired) electrons. The zero-order chi connectivity index (χ0) is 23.0. The largest absolute Gasteiger partial charge is 0.413 e. The van der Waals surface area contributed by atoms with E-state index in [9.17, 15) is 9.18 Å². The lowest BCUT2D eigenvalue weighted by molar-refractivity contribution is 0.191. The molecule has 0 saturated heterocycles. The van der Waals surface area contributed by atoms with Gasteiger partial charge >= 0.3 is 6.09 Å². The first-order chi connectivity index (χ1) is 15.1. The van der Waals surface area contributed by atoms with Gasteiger partial charge in [0.05, 0.1) is 18.3 Å². The first kappa shape index (κ1) is 21.7. The van der Waals surface area contributed by atoms with Crippen LogP contribution in [0.1, 0.15) is 20.8 Å². The van der Waals surface area contributed by atoms with Crippen LogP contribution in [0.5, 0.6) is 5.75 Å². The van der Waals surface area contributed by atoms with Crippen molar-refractivity contribution in [3.05, 3.63) is 36.4 Å². The molecule has 0 fully saturated rings. The molecule has 0 bridgehead atoms. The predicted molar refractivity (Wildman–Crippen MR) is 120 cm³/mol. The number of H-pyrrole nitrogens is 1. The van der Waals surface area contributed by atoms with Crippen molar-refractivity contribution < 1.29 is 13.9 Å². The van der Waals surface area contributed by atoms with Crippen molar-refractivity contribution in [2.45, 2.75) is 32.9 Å². The van der Waals surface area contributed by atoms with Gasteiger partial charge in [0, 0.05) is 23.7 Å². The highest BCUT2D eigenvalue weighted by molar-refractivity contribution is 5.93. The SMILES string of the molecule is CN(C)CCn1nc(-c2cnc3[nH]cc(OC(=O)NC(C)(C)C)c3n2)c2ccc(F)cc21. The van der Waals surface area contributed by atoms with Crippen LogP contribution in [0.3, 0.4) is 0 Å². The number of aromatic nitrogens is 5. The molecule has 3 heterocycles. The Morgan fingerprint density at radius 2 is 2.09 bits per heavy atom. The second-order valence-corrected chi connectivity index (χ2v) is 8.91. The van der Waals surface area contributed by atoms with Crippen LogP contribution in [0, 0.1) is 5.82 Å². The molecular weight excluding hydrogens is 413 g/mol. The van der Waals surface area contributed by atoms with E-state index in [1.165, 1.54) is 12.1 Å². The number of benzene rings is 1. The molecular formula is C22H26FN7O2. The van der Waals surface area contributed by atoms with Gasteiger partial charge in [-0.15, -0.1) is 0 Å². The fourth-order valence-electron chi connectivity index (χ4n) is 3.29. The molecule has 0 unspecified atom stereocenters. The van der Waals surface area contributed by atoms with Gasteiger partial charge < -0.3 is 19.9 Å². The summed E-state index contributed by atoms with van der Waals surface area (Å²) >= 11 is 0. The Morgan fingerprint density at radius 1 is 1.31 bits per heavy atom. The van der Waals surface area contributed by atoms with E-state index in [0.29, 0.717) is 34.6 Å². The van der Waals surface area contributed by atoms with Crippen molar-refractivity contribution in [1.82, 2.24) is 34.9 Å². The lowest BCUT2D eigenvalue weighted by Gasteiger charge is -2.19. The van der Waals surface area contributed by atoms with Crippen molar-refractivity contribution in [2.24, 2.45) is 0 Å². The average Bonchev–Trinajstić information content (AvgIpc) is 3.25. The summed E-state index contributed by atoms with van der Waals surface area (Å²) in [5, 5.41) is 8.21. The number of nitrogens with one attached hydrogen (secondary N) is 2. The van der Waals surface area contributed by atoms with E-state index < -0.39 is 11.6 Å². The van der Waals surface area contributed by atoms with E-state index in [4.69, 9.17) is 9.84 Å². The van der Waals surface area contributed by atoms with Crippen LogP contribution < -0.4 is 10.1 Å². The number of hydrogen-bond donors (Lipinski definition) is 2. The molecule has 1 amide bonds. The predicted octanol–water partition coefficient (Wildman–Crippen LogP) is 3.56. The maximum Gasteiger partial charge on any atom is 0.413 e. The van der Waals surface area contributed by atoms with Crippen LogP contribution in [-0.4, -0.2) is 61.9 Å². The first-order valence-electron chi connectivity index (χ1n) is 10.3. The van der Waals surface area contributed by atoms with Crippen LogP contribution in [0.25, 0.3) is 33.5 Å². The van der Waals surface area contributed by atoms with E-state index in [1.807, 2.05) is 39.8 Å². The van der Waals surface area contributed by atoms with Crippen molar-refractivity contribution in [3.63, 3.8) is 0 Å². The van der Waals surface area contributed by atoms with Crippen molar-refractivity contribution in [1.29, 1.82) is 0 Å². The highest BCUT2D eigenvalue weighted by Crippen LogP contribution is 2.30. The first-order valence-corrected chi connectivity index (χ1v) is 10.3. The molecule has 9 nitrogen and oxygen atoms in total. The van der Waals surface area contributed by atoms with E-state index in [-0.39, 0.29) is 11.6 Å². The fourth-order valence-corrected chi connectivity index (χ4v) is 3.29. The number of rotatable bonds is 5. The molecule has 0 atom stereocenters. The molecule has 10 heteroatoms. The molecule has 0 aliphatic carbocycles. The second-order valence-electron chi connectivity index (χ2n) is 8.91. The molecule has 0 saturated carbocycles. The van der Waals surface area contributed by atoms with Gasteiger partial charge in [-0.2, -0.15) is 5.10 Å². The van der Waals surface area contributed by atoms with E-state index in [2.05, 4.69) is 20.3 Å². The molecule has 4 rings (SSSR count). The van der Waals surface area contributed by atoms with Gasteiger partial charge in [0.25, 0.3) is 0 Å². The Labute approximate surface area is 184 Å². The van der Waals surface area contributed by atoms with Gasteiger partial charge in [0.1, 0.15) is 17.2 Å². The summed E-state index contributed by atoms with van der Waals surface area (Å²) in [4.78, 5) is 26.3. The summed E-state index contributed by atoms with van der Waals surface area (Å²) in [6.45, 7) is 6.93. The average molecular weight is 439 g/mol. The molecule has 4 aromatic rings. The third-order valence-corrected chi connectivity index (χ3v) is 4.74. The Balaban J connectivity index is 1.74. The summed E-state index contributed by atoms with van der Waals surface area (Å²) in [6.07, 6.45) is 2.55. The minimum absolute atomic E-state index is 0.262. The Hall–Kier alpha value is -3.53. The molecule has 0 aliphatic heterocycles. The zero-order valence-electron chi connectivity index (χ0n) is 18.7. The van der Waals surface area contributed by atoms with Crippen molar-refractivity contribution in [3.8, 4) is 17.1 Å². The van der Waals surface area contributed by atoms with Gasteiger partial charge in [-0.3, -0.25) is 4.68 Å². The third kappa shape index (κ3) is 4.54. The second kappa shape index (κ2) is 8.19. The quantitative estimate of drug-likeness (QED) is 0.493. The number of carbonyl (C=O) groups excluding carboxylic acids is 1. The van der Waals surface area contributed by atoms with Crippen LogP contribution in [-0.2, 0) is 6.54 Å². The van der Waals surface area contributed by atoms with E-state index in [0.717, 1.165) is 11.9 Å². The molecule has 0 spiro atoms. The van der Waals surface area contributed by atoms with Crippen molar-refractivity contribution >= 4 is 28.2 Å². The van der Waals surface area contributed by atoms with E-state index in [1.54, 1.807) is 23.1 Å². The zero-order valence-corrected chi connectivity index (χ0v) is 18.7. The molecule has 32 heavy (non-hydrogen) atoms. The van der Waals surface area contributed by atoms with Crippen LogP contribution >= 0.6 is 0 Å². The number of halogens is 1. The number of aromatic amines is 1. The molecule has 2 N–H and O–H groups in total. The van der Waals surface area contributed by atoms with Crippen LogP contribution in [0.15, 0.2) is 30.6 Å². The number of ether oxygens (including phenoxy) is 1. The Bertz CT molecular complexity index is 1290. The Morgan fingerprint density at radius 3 is 2.81 bits per heavy atom. The topological polar surface area (TPSA) is 101 Å². The highest BCUT2D eigenvalue weighted by Gasteiger charge is 2.20. The normalized spacial score (nSPS) is 12.1.